The number of hydrogen-bond acceptors (Lipinski definition) is 3. The number of nitrogens with two attached hydrogens (primary N) is 1. The van der Waals surface area contributed by atoms with Crippen molar-refractivity contribution in [1.29, 1.82) is 0 Å². The summed E-state index contributed by atoms with van der Waals surface area (Å²) in [6.07, 6.45) is -0.464. The lowest BCUT2D eigenvalue weighted by Crippen LogP contribution is -2.34. The van der Waals surface area contributed by atoms with Gasteiger partial charge in [-0.2, -0.15) is 0 Å². The van der Waals surface area contributed by atoms with Gasteiger partial charge >= 0.3 is 6.09 Å². The molecule has 1 aromatic rings. The van der Waals surface area contributed by atoms with Gasteiger partial charge in [0.1, 0.15) is 12.6 Å². The second-order valence-corrected chi connectivity index (χ2v) is 2.91. The first-order valence-electron chi connectivity index (χ1n) is 4.04. The summed E-state index contributed by atoms with van der Waals surface area (Å²) in [5, 5.41) is 1.12. The average Bonchev–Trinajstić information content (AvgIpc) is 2.49. The van der Waals surface area contributed by atoms with Gasteiger partial charge in [0.15, 0.2) is 0 Å². The number of ether oxygens (including phenoxy) is 1. The first-order valence-corrected chi connectivity index (χ1v) is 4.04. The van der Waals surface area contributed by atoms with Crippen LogP contribution in [0, 0.1) is 0 Å². The van der Waals surface area contributed by atoms with Crippen molar-refractivity contribution >= 4 is 6.09 Å². The fourth-order valence-electron chi connectivity index (χ4n) is 1.36. The highest BCUT2D eigenvalue weighted by Crippen LogP contribution is 2.23. The van der Waals surface area contributed by atoms with E-state index in [1.807, 2.05) is 30.3 Å². The fraction of sp³-hybridized carbons (Fsp3) is 0.222. The van der Waals surface area contributed by atoms with Crippen LogP contribution >= 0.6 is 0 Å². The molecule has 4 nitrogen and oxygen atoms in total. The molecule has 1 fully saturated rings. The summed E-state index contributed by atoms with van der Waals surface area (Å²) in [6, 6.07) is 9.44. The molecule has 1 saturated heterocycles. The quantitative estimate of drug-likeness (QED) is 0.516. The Morgan fingerprint density at radius 2 is 2.08 bits per heavy atom. The Morgan fingerprint density at radius 1 is 1.38 bits per heavy atom. The van der Waals surface area contributed by atoms with Crippen molar-refractivity contribution in [1.82, 2.24) is 5.01 Å². The first-order chi connectivity index (χ1) is 6.29. The van der Waals surface area contributed by atoms with E-state index in [-0.39, 0.29) is 6.04 Å². The third kappa shape index (κ3) is 1.36. The zero-order valence-corrected chi connectivity index (χ0v) is 7.01. The minimum atomic E-state index is -0.464. The molecule has 0 saturated carbocycles. The van der Waals surface area contributed by atoms with Crippen molar-refractivity contribution in [3.63, 3.8) is 0 Å². The van der Waals surface area contributed by atoms with Gasteiger partial charge in [-0.25, -0.2) is 15.6 Å². The van der Waals surface area contributed by atoms with Gasteiger partial charge < -0.3 is 4.74 Å². The molecule has 1 aliphatic rings. The number of benzene rings is 1. The Labute approximate surface area is 75.9 Å². The van der Waals surface area contributed by atoms with Gasteiger partial charge in [0.2, 0.25) is 0 Å². The van der Waals surface area contributed by atoms with E-state index in [9.17, 15) is 4.79 Å². The van der Waals surface area contributed by atoms with E-state index < -0.39 is 6.09 Å². The summed E-state index contributed by atoms with van der Waals surface area (Å²) in [5.74, 6) is 5.51. The molecule has 0 bridgehead atoms. The van der Waals surface area contributed by atoms with E-state index >= 15 is 0 Å². The summed E-state index contributed by atoms with van der Waals surface area (Å²) < 4.78 is 4.79. The Morgan fingerprint density at radius 3 is 2.62 bits per heavy atom. The molecule has 0 radical (unpaired) electrons. The minimum absolute atomic E-state index is 0.145. The molecule has 1 aliphatic heterocycles. The second kappa shape index (κ2) is 3.06. The Kier molecular flexibility index (Phi) is 1.90. The van der Waals surface area contributed by atoms with Crippen molar-refractivity contribution in [2.75, 3.05) is 6.61 Å². The topological polar surface area (TPSA) is 55.6 Å². The molecule has 0 unspecified atom stereocenters. The summed E-state index contributed by atoms with van der Waals surface area (Å²) in [6.45, 7) is 0.333. The third-order valence-electron chi connectivity index (χ3n) is 2.10. The highest BCUT2D eigenvalue weighted by atomic mass is 16.6. The number of amides is 1. The van der Waals surface area contributed by atoms with Crippen molar-refractivity contribution in [3.8, 4) is 0 Å². The highest BCUT2D eigenvalue weighted by molar-refractivity contribution is 5.69. The van der Waals surface area contributed by atoms with Crippen LogP contribution in [0.5, 0.6) is 0 Å². The fourth-order valence-corrected chi connectivity index (χ4v) is 1.36. The summed E-state index contributed by atoms with van der Waals surface area (Å²) in [4.78, 5) is 10.9. The molecule has 1 atom stereocenters. The van der Waals surface area contributed by atoms with E-state index in [1.54, 1.807) is 0 Å². The van der Waals surface area contributed by atoms with Crippen LogP contribution in [0.1, 0.15) is 11.6 Å². The van der Waals surface area contributed by atoms with Crippen LogP contribution in [-0.4, -0.2) is 17.7 Å². The van der Waals surface area contributed by atoms with Gasteiger partial charge in [0, 0.05) is 0 Å². The maximum Gasteiger partial charge on any atom is 0.424 e. The van der Waals surface area contributed by atoms with Gasteiger partial charge in [0.05, 0.1) is 0 Å². The Hall–Kier alpha value is -1.55. The molecule has 68 valence electrons. The van der Waals surface area contributed by atoms with Crippen LogP contribution in [0.2, 0.25) is 0 Å². The summed E-state index contributed by atoms with van der Waals surface area (Å²) >= 11 is 0. The smallest absolute Gasteiger partial charge is 0.424 e. The predicted molar refractivity (Wildman–Crippen MR) is 46.6 cm³/mol. The van der Waals surface area contributed by atoms with Crippen molar-refractivity contribution < 1.29 is 9.53 Å². The Bertz CT molecular complexity index is 313. The van der Waals surface area contributed by atoms with Crippen molar-refractivity contribution in [2.45, 2.75) is 6.04 Å². The standard InChI is InChI=1S/C9H10N2O2/c10-11-8(6-13-9(11)12)7-4-2-1-3-5-7/h1-5,8H,6,10H2/t8-/m1/s1. The van der Waals surface area contributed by atoms with Crippen LogP contribution < -0.4 is 5.84 Å². The van der Waals surface area contributed by atoms with Gasteiger partial charge in [-0.3, -0.25) is 0 Å². The molecule has 2 rings (SSSR count). The van der Waals surface area contributed by atoms with E-state index in [4.69, 9.17) is 10.6 Å². The average molecular weight is 178 g/mol. The molecular weight excluding hydrogens is 168 g/mol. The molecule has 0 aliphatic carbocycles. The van der Waals surface area contributed by atoms with Gasteiger partial charge in [-0.1, -0.05) is 30.3 Å². The molecular formula is C9H10N2O2. The van der Waals surface area contributed by atoms with E-state index in [1.165, 1.54) is 0 Å². The maximum atomic E-state index is 10.9. The third-order valence-corrected chi connectivity index (χ3v) is 2.10. The zero-order valence-electron chi connectivity index (χ0n) is 7.01. The number of hydrogen-bond donors (Lipinski definition) is 1. The second-order valence-electron chi connectivity index (χ2n) is 2.91. The van der Waals surface area contributed by atoms with Gasteiger partial charge in [0.25, 0.3) is 0 Å². The first kappa shape index (κ1) is 8.07. The van der Waals surface area contributed by atoms with Crippen LogP contribution in [0.4, 0.5) is 4.79 Å². The number of hydrazine groups is 1. The lowest BCUT2D eigenvalue weighted by atomic mass is 10.1. The van der Waals surface area contributed by atoms with Gasteiger partial charge in [-0.05, 0) is 5.56 Å². The molecule has 1 aromatic carbocycles. The number of rotatable bonds is 1. The molecule has 2 N–H and O–H groups in total. The van der Waals surface area contributed by atoms with Gasteiger partial charge in [-0.15, -0.1) is 0 Å². The minimum Gasteiger partial charge on any atom is -0.446 e. The monoisotopic (exact) mass is 178 g/mol. The zero-order chi connectivity index (χ0) is 9.26. The molecule has 0 spiro atoms. The molecule has 1 heterocycles. The lowest BCUT2D eigenvalue weighted by Gasteiger charge is -2.14. The van der Waals surface area contributed by atoms with Crippen LogP contribution in [0.25, 0.3) is 0 Å². The SMILES string of the molecule is NN1C(=O)OC[C@@H]1c1ccccc1. The number of nitrogens with zero attached hydrogens (tertiary/aromatic N) is 1. The predicted octanol–water partition coefficient (Wildman–Crippen LogP) is 1.05. The number of carbonyl (C=O) groups is 1. The number of carbonyl (C=O) groups excluding carboxylic acids is 1. The summed E-state index contributed by atoms with van der Waals surface area (Å²) in [7, 11) is 0. The largest absolute Gasteiger partial charge is 0.446 e. The summed E-state index contributed by atoms with van der Waals surface area (Å²) in [5.41, 5.74) is 0.996. The maximum absolute atomic E-state index is 10.9. The normalized spacial score (nSPS) is 21.8. The van der Waals surface area contributed by atoms with E-state index in [0.717, 1.165) is 10.6 Å². The molecule has 1 amide bonds. The van der Waals surface area contributed by atoms with Crippen LogP contribution in [-0.2, 0) is 4.74 Å². The van der Waals surface area contributed by atoms with E-state index in [2.05, 4.69) is 0 Å². The molecule has 0 aromatic heterocycles. The van der Waals surface area contributed by atoms with Crippen molar-refractivity contribution in [3.05, 3.63) is 35.9 Å². The lowest BCUT2D eigenvalue weighted by molar-refractivity contribution is 0.158. The van der Waals surface area contributed by atoms with Crippen LogP contribution in [0.3, 0.4) is 0 Å². The Balaban J connectivity index is 2.24. The van der Waals surface area contributed by atoms with E-state index in [0.29, 0.717) is 6.61 Å². The number of cyclic esters (lactones) is 1. The highest BCUT2D eigenvalue weighted by Gasteiger charge is 2.31. The van der Waals surface area contributed by atoms with Crippen molar-refractivity contribution in [2.24, 2.45) is 5.84 Å². The molecule has 13 heavy (non-hydrogen) atoms. The van der Waals surface area contributed by atoms with Crippen LogP contribution in [0.15, 0.2) is 30.3 Å². The molecule has 4 heteroatoms.